The summed E-state index contributed by atoms with van der Waals surface area (Å²) in [7, 11) is 3.08. The van der Waals surface area contributed by atoms with Crippen LogP contribution >= 0.6 is 0 Å². The van der Waals surface area contributed by atoms with Gasteiger partial charge in [0.05, 0.1) is 37.1 Å². The number of anilines is 1. The van der Waals surface area contributed by atoms with Crippen LogP contribution in [-0.2, 0) is 0 Å². The Morgan fingerprint density at radius 3 is 2.54 bits per heavy atom. The second-order valence-electron chi connectivity index (χ2n) is 5.27. The molecular weight excluding hydrogens is 332 g/mol. The van der Waals surface area contributed by atoms with Gasteiger partial charge in [0.15, 0.2) is 0 Å². The second kappa shape index (κ2) is 7.98. The Bertz CT molecular complexity index is 948. The molecule has 132 valence electrons. The first-order valence-corrected chi connectivity index (χ1v) is 7.88. The number of hydrogen-bond donors (Lipinski definition) is 1. The Labute approximate surface area is 150 Å². The van der Waals surface area contributed by atoms with Gasteiger partial charge in [-0.3, -0.25) is 0 Å². The molecule has 1 N–H and O–H groups in total. The van der Waals surface area contributed by atoms with Crippen molar-refractivity contribution in [1.29, 1.82) is 0 Å². The molecule has 0 aliphatic heterocycles. The Kier molecular flexibility index (Phi) is 5.28. The van der Waals surface area contributed by atoms with Crippen molar-refractivity contribution in [3.8, 4) is 17.2 Å². The third-order valence-corrected chi connectivity index (χ3v) is 3.60. The number of nitrogens with one attached hydrogen (secondary N) is 1. The van der Waals surface area contributed by atoms with E-state index in [0.717, 1.165) is 5.69 Å². The van der Waals surface area contributed by atoms with Crippen LogP contribution in [0.5, 0.6) is 11.5 Å². The van der Waals surface area contributed by atoms with E-state index in [-0.39, 0.29) is 0 Å². The van der Waals surface area contributed by atoms with Crippen LogP contribution in [0, 0.1) is 0 Å². The van der Waals surface area contributed by atoms with Gasteiger partial charge < -0.3 is 14.8 Å². The van der Waals surface area contributed by atoms with Crippen molar-refractivity contribution in [3.63, 3.8) is 0 Å². The first-order valence-electron chi connectivity index (χ1n) is 7.88. The van der Waals surface area contributed by atoms with E-state index in [9.17, 15) is 4.79 Å². The predicted octanol–water partition coefficient (Wildman–Crippen LogP) is 3.02. The van der Waals surface area contributed by atoms with Gasteiger partial charge in [-0.15, -0.1) is 0 Å². The molecule has 26 heavy (non-hydrogen) atoms. The van der Waals surface area contributed by atoms with Crippen molar-refractivity contribution in [3.05, 3.63) is 72.3 Å². The standard InChI is InChI=1S/C19H18N4O3/c1-25-16-8-9-17(18(12-16)26-2)22-19(24)21-14-10-11-23(20-13-14)15-6-4-3-5-7-15/h3-13H,1-2H3,(H,22,24). The van der Waals surface area contributed by atoms with Crippen molar-refractivity contribution in [2.24, 2.45) is 4.99 Å². The predicted molar refractivity (Wildman–Crippen MR) is 97.7 cm³/mol. The molecule has 0 saturated heterocycles. The van der Waals surface area contributed by atoms with Gasteiger partial charge in [0.1, 0.15) is 11.5 Å². The number of aromatic nitrogens is 2. The molecule has 7 heteroatoms. The van der Waals surface area contributed by atoms with Gasteiger partial charge in [-0.1, -0.05) is 18.2 Å². The second-order valence-corrected chi connectivity index (χ2v) is 5.27. The van der Waals surface area contributed by atoms with Gasteiger partial charge in [-0.05, 0) is 30.3 Å². The largest absolute Gasteiger partial charge is 0.497 e. The topological polar surface area (TPSA) is 77.7 Å². The molecule has 0 spiro atoms. The van der Waals surface area contributed by atoms with E-state index in [1.54, 1.807) is 42.3 Å². The van der Waals surface area contributed by atoms with Crippen LogP contribution in [-0.4, -0.2) is 30.0 Å². The normalized spacial score (nSPS) is 11.1. The fourth-order valence-electron chi connectivity index (χ4n) is 2.31. The minimum atomic E-state index is -0.521. The fraction of sp³-hybridized carbons (Fsp3) is 0.105. The van der Waals surface area contributed by atoms with Crippen LogP contribution in [0.15, 0.2) is 72.0 Å². The summed E-state index contributed by atoms with van der Waals surface area (Å²) in [6.07, 6.45) is 3.27. The number of amides is 2. The van der Waals surface area contributed by atoms with Crippen molar-refractivity contribution >= 4 is 11.7 Å². The third-order valence-electron chi connectivity index (χ3n) is 3.60. The van der Waals surface area contributed by atoms with Crippen LogP contribution in [0.2, 0.25) is 0 Å². The van der Waals surface area contributed by atoms with Gasteiger partial charge in [0.2, 0.25) is 0 Å². The van der Waals surface area contributed by atoms with E-state index in [1.165, 1.54) is 13.3 Å². The van der Waals surface area contributed by atoms with Gasteiger partial charge >= 0.3 is 6.03 Å². The van der Waals surface area contributed by atoms with E-state index < -0.39 is 6.03 Å². The monoisotopic (exact) mass is 350 g/mol. The zero-order chi connectivity index (χ0) is 18.4. The summed E-state index contributed by atoms with van der Waals surface area (Å²) >= 11 is 0. The molecule has 0 saturated carbocycles. The number of methoxy groups -OCH3 is 2. The summed E-state index contributed by atoms with van der Waals surface area (Å²) < 4.78 is 12.1. The number of ether oxygens (including phenoxy) is 2. The average molecular weight is 350 g/mol. The van der Waals surface area contributed by atoms with E-state index in [1.807, 2.05) is 30.3 Å². The molecule has 7 nitrogen and oxygen atoms in total. The Balaban J connectivity index is 1.77. The molecule has 0 aliphatic carbocycles. The molecule has 2 aromatic carbocycles. The zero-order valence-electron chi connectivity index (χ0n) is 14.4. The third kappa shape index (κ3) is 4.07. The summed E-state index contributed by atoms with van der Waals surface area (Å²) in [5.74, 6) is 1.12. The maximum absolute atomic E-state index is 12.2. The van der Waals surface area contributed by atoms with Crippen LogP contribution in [0.1, 0.15) is 0 Å². The van der Waals surface area contributed by atoms with Crippen molar-refractivity contribution in [2.75, 3.05) is 19.5 Å². The van der Waals surface area contributed by atoms with E-state index in [0.29, 0.717) is 22.5 Å². The Morgan fingerprint density at radius 1 is 1.08 bits per heavy atom. The number of nitrogens with zero attached hydrogens (tertiary/aromatic N) is 3. The number of para-hydroxylation sites is 1. The first-order chi connectivity index (χ1) is 12.7. The fourth-order valence-corrected chi connectivity index (χ4v) is 2.31. The van der Waals surface area contributed by atoms with Crippen molar-refractivity contribution in [1.82, 2.24) is 9.78 Å². The van der Waals surface area contributed by atoms with Crippen LogP contribution in [0.25, 0.3) is 5.69 Å². The zero-order valence-corrected chi connectivity index (χ0v) is 14.4. The van der Waals surface area contributed by atoms with Gasteiger partial charge in [0, 0.05) is 12.3 Å². The van der Waals surface area contributed by atoms with Gasteiger partial charge in [-0.2, -0.15) is 10.1 Å². The van der Waals surface area contributed by atoms with E-state index in [4.69, 9.17) is 9.47 Å². The summed E-state index contributed by atoms with van der Waals surface area (Å²) in [6, 6.07) is 16.0. The Morgan fingerprint density at radius 2 is 1.88 bits per heavy atom. The lowest BCUT2D eigenvalue weighted by Gasteiger charge is -2.10. The van der Waals surface area contributed by atoms with Crippen LogP contribution in [0.4, 0.5) is 10.5 Å². The SMILES string of the molecule is COc1ccc(NC(=O)N=c2ccn(-c3ccccc3)nc2)c(OC)c1. The van der Waals surface area contributed by atoms with E-state index in [2.05, 4.69) is 15.4 Å². The number of rotatable bonds is 4. The molecule has 0 atom stereocenters. The van der Waals surface area contributed by atoms with Gasteiger partial charge in [0.25, 0.3) is 0 Å². The quantitative estimate of drug-likeness (QED) is 0.784. The lowest BCUT2D eigenvalue weighted by Crippen LogP contribution is -2.15. The number of urea groups is 1. The van der Waals surface area contributed by atoms with Crippen molar-refractivity contribution < 1.29 is 14.3 Å². The number of hydrogen-bond acceptors (Lipinski definition) is 4. The smallest absolute Gasteiger partial charge is 0.346 e. The lowest BCUT2D eigenvalue weighted by atomic mass is 10.2. The molecule has 0 bridgehead atoms. The number of carbonyl (C=O) groups is 1. The summed E-state index contributed by atoms with van der Waals surface area (Å²) in [6.45, 7) is 0. The maximum Gasteiger partial charge on any atom is 0.346 e. The molecule has 1 heterocycles. The number of carbonyl (C=O) groups excluding carboxylic acids is 1. The van der Waals surface area contributed by atoms with Crippen LogP contribution in [0.3, 0.4) is 0 Å². The highest BCUT2D eigenvalue weighted by atomic mass is 16.5. The minimum absolute atomic E-state index is 0.446. The summed E-state index contributed by atoms with van der Waals surface area (Å²) in [4.78, 5) is 16.2. The molecule has 0 fully saturated rings. The summed E-state index contributed by atoms with van der Waals surface area (Å²) in [5.41, 5.74) is 1.43. The molecule has 0 radical (unpaired) electrons. The highest BCUT2D eigenvalue weighted by Gasteiger charge is 2.08. The lowest BCUT2D eigenvalue weighted by molar-refractivity contribution is 0.259. The highest BCUT2D eigenvalue weighted by molar-refractivity contribution is 5.91. The number of benzene rings is 2. The molecule has 2 amide bonds. The first kappa shape index (κ1) is 17.2. The minimum Gasteiger partial charge on any atom is -0.497 e. The molecular formula is C19H18N4O3. The molecule has 3 rings (SSSR count). The van der Waals surface area contributed by atoms with Crippen LogP contribution < -0.4 is 20.1 Å². The Hall–Kier alpha value is -3.61. The van der Waals surface area contributed by atoms with Gasteiger partial charge in [-0.25, -0.2) is 9.48 Å². The average Bonchev–Trinajstić information content (AvgIpc) is 2.69. The van der Waals surface area contributed by atoms with Crippen molar-refractivity contribution in [2.45, 2.75) is 0 Å². The molecule has 1 aromatic heterocycles. The molecule has 0 unspecified atom stereocenters. The molecule has 3 aromatic rings. The maximum atomic E-state index is 12.2. The summed E-state index contributed by atoms with van der Waals surface area (Å²) in [5, 5.41) is 7.40. The highest BCUT2D eigenvalue weighted by Crippen LogP contribution is 2.28. The van der Waals surface area contributed by atoms with E-state index >= 15 is 0 Å². The molecule has 0 aliphatic rings.